The lowest BCUT2D eigenvalue weighted by atomic mass is 9.86. The van der Waals surface area contributed by atoms with E-state index in [9.17, 15) is 112 Å². The molecule has 0 saturated carbocycles. The van der Waals surface area contributed by atoms with Gasteiger partial charge in [-0.05, 0) is 6.92 Å². The maximum Gasteiger partial charge on any atom is 0.217 e. The second-order valence-electron chi connectivity index (χ2n) is 22.7. The molecule has 0 radical (unpaired) electrons. The molecule has 22 N–H and O–H groups in total. The van der Waals surface area contributed by atoms with E-state index >= 15 is 0 Å². The molecule has 0 bridgehead atoms. The quantitative estimate of drug-likeness (QED) is 0.0427. The molecule has 33 atom stereocenters. The van der Waals surface area contributed by atoms with Crippen molar-refractivity contribution >= 4 is 11.8 Å². The molecule has 7 fully saturated rings. The van der Waals surface area contributed by atoms with E-state index in [-0.39, 0.29) is 0 Å². The van der Waals surface area contributed by atoms with Crippen LogP contribution in [0, 0.1) is 11.8 Å². The Hall–Kier alpha value is -2.38. The SMILES string of the molecule is CC(=O)NC1C(O)[C@H](O[C@@H]2OC(CO[C@H]3OC(CO[C@H]4OC(CO)[C@@H](O)C(O)C4O)[C@@H](O)C(O[C@@H]4OC(CO)[C@H](O)C(O)C4CO)C3O)[C@@H](O)C(O[C@@H]3OC(CO)(CO)CC(O)C3CO)C2O)C(CO)O[C@H]1O[C@@H]1C(CO)O[C@@H](C)C(NC(C)=O)C1O. The number of rotatable bonds is 24. The summed E-state index contributed by atoms with van der Waals surface area (Å²) >= 11 is 0. The summed E-state index contributed by atoms with van der Waals surface area (Å²) < 4.78 is 76.7. The second kappa shape index (κ2) is 31.5. The van der Waals surface area contributed by atoms with Crippen LogP contribution < -0.4 is 10.6 Å². The van der Waals surface area contributed by atoms with Crippen LogP contribution in [0.25, 0.3) is 0 Å². The number of amides is 2. The summed E-state index contributed by atoms with van der Waals surface area (Å²) in [5, 5.41) is 223. The lowest BCUT2D eigenvalue weighted by Gasteiger charge is -2.51. The number of carbonyl (C=O) groups is 2. The Morgan fingerprint density at radius 3 is 1.33 bits per heavy atom. The first-order valence-corrected chi connectivity index (χ1v) is 28.3. The highest BCUT2D eigenvalue weighted by atomic mass is 16.8. The number of aliphatic hydroxyl groups excluding tert-OH is 20. The Morgan fingerprint density at radius 2 is 0.816 bits per heavy atom. The van der Waals surface area contributed by atoms with E-state index in [0.29, 0.717) is 0 Å². The summed E-state index contributed by atoms with van der Waals surface area (Å²) in [5.41, 5.74) is -1.94. The van der Waals surface area contributed by atoms with Crippen molar-refractivity contribution in [3.05, 3.63) is 0 Å². The van der Waals surface area contributed by atoms with Crippen molar-refractivity contribution in [1.29, 1.82) is 0 Å². The molecule has 37 heteroatoms. The first kappa shape index (κ1) is 72.1. The summed E-state index contributed by atoms with van der Waals surface area (Å²) in [7, 11) is 0. The number of ether oxygens (including phenoxy) is 13. The molecular weight excluding hydrogens is 1190 g/mol. The van der Waals surface area contributed by atoms with Crippen molar-refractivity contribution in [2.45, 2.75) is 223 Å². The van der Waals surface area contributed by atoms with Gasteiger partial charge in [-0.3, -0.25) is 9.59 Å². The minimum atomic E-state index is -2.29. The normalized spacial score (nSPS) is 47.9. The van der Waals surface area contributed by atoms with E-state index in [0.717, 1.165) is 6.92 Å². The predicted octanol–water partition coefficient (Wildman–Crippen LogP) is -14.0. The van der Waals surface area contributed by atoms with Gasteiger partial charge in [-0.1, -0.05) is 0 Å². The lowest BCUT2D eigenvalue weighted by molar-refractivity contribution is -0.387. The van der Waals surface area contributed by atoms with Crippen molar-refractivity contribution in [3.8, 4) is 0 Å². The van der Waals surface area contributed by atoms with Gasteiger partial charge in [0.2, 0.25) is 11.8 Å². The molecule has 87 heavy (non-hydrogen) atoms. The van der Waals surface area contributed by atoms with Crippen LogP contribution in [0.2, 0.25) is 0 Å². The highest BCUT2D eigenvalue weighted by Crippen LogP contribution is 2.39. The zero-order valence-electron chi connectivity index (χ0n) is 47.4. The van der Waals surface area contributed by atoms with Crippen molar-refractivity contribution in [1.82, 2.24) is 10.6 Å². The van der Waals surface area contributed by atoms with Crippen molar-refractivity contribution in [3.63, 3.8) is 0 Å². The molecule has 37 nitrogen and oxygen atoms in total. The van der Waals surface area contributed by atoms with Gasteiger partial charge in [0.05, 0.1) is 102 Å². The summed E-state index contributed by atoms with van der Waals surface area (Å²) in [4.78, 5) is 24.9. The fraction of sp³-hybridized carbons (Fsp3) is 0.960. The molecule has 7 aliphatic heterocycles. The van der Waals surface area contributed by atoms with E-state index in [4.69, 9.17) is 61.6 Å². The number of nitrogens with one attached hydrogen (secondary N) is 2. The van der Waals surface area contributed by atoms with Gasteiger partial charge in [0, 0.05) is 20.3 Å². The maximum atomic E-state index is 12.8. The third-order valence-corrected chi connectivity index (χ3v) is 16.7. The van der Waals surface area contributed by atoms with Crippen LogP contribution in [-0.2, 0) is 71.2 Å². The van der Waals surface area contributed by atoms with E-state index in [2.05, 4.69) is 10.6 Å². The molecule has 0 spiro atoms. The monoisotopic (exact) mass is 1270 g/mol. The number of aliphatic hydroxyl groups is 20. The Balaban J connectivity index is 1.20. The molecule has 7 saturated heterocycles. The summed E-state index contributed by atoms with van der Waals surface area (Å²) in [6, 6.07) is -2.86. The number of carbonyl (C=O) groups excluding carboxylic acids is 2. The van der Waals surface area contributed by atoms with E-state index in [1.165, 1.54) is 13.8 Å². The fourth-order valence-corrected chi connectivity index (χ4v) is 11.6. The predicted molar refractivity (Wildman–Crippen MR) is 272 cm³/mol. The molecule has 0 aromatic heterocycles. The largest absolute Gasteiger partial charge is 0.396 e. The van der Waals surface area contributed by atoms with Crippen molar-refractivity contribution in [2.75, 3.05) is 66.1 Å². The molecule has 0 aromatic carbocycles. The fourth-order valence-electron chi connectivity index (χ4n) is 11.6. The molecule has 506 valence electrons. The van der Waals surface area contributed by atoms with Crippen LogP contribution in [0.4, 0.5) is 0 Å². The molecule has 7 heterocycles. The van der Waals surface area contributed by atoms with Gasteiger partial charge in [-0.15, -0.1) is 0 Å². The Kier molecular flexibility index (Phi) is 26.1. The van der Waals surface area contributed by atoms with Gasteiger partial charge < -0.3 is 174 Å². The third-order valence-electron chi connectivity index (χ3n) is 16.7. The Morgan fingerprint density at radius 1 is 0.402 bits per heavy atom. The van der Waals surface area contributed by atoms with Gasteiger partial charge in [0.15, 0.2) is 37.7 Å². The average molecular weight is 1280 g/mol. The third kappa shape index (κ3) is 15.8. The minimum absolute atomic E-state index is 0.452. The minimum Gasteiger partial charge on any atom is -0.396 e. The smallest absolute Gasteiger partial charge is 0.217 e. The molecule has 7 aliphatic rings. The highest BCUT2D eigenvalue weighted by Gasteiger charge is 2.58. The standard InChI is InChI=1S/C50H86N2O35/c1-15-27(51-16(2)61)34(69)40(23(9-57)77-15)83-46-28(52-17(3)62)35(70)41(24(10-58)80-46)84-49-39(74)43(86-45-18(5-53)20(63)4-50(13-59,14-60)87-45)33(68)26(82-49)12-76-48-38(73)42(85-44-19(6-54)29(64)30(65)21(7-55)78-44)32(67)25(81-48)11-75-47-37(72)36(71)31(66)22(8-56)79-47/h15,18-49,53-60,63-74H,4-14H2,1-3H3,(H,51,61)(H,52,62)/t15-,18?,19?,20?,21?,22?,23?,24?,25?,26?,27?,28?,29?,30-,31+,32+,33+,34?,35?,36?,37?,38?,39?,40+,41+,42?,43?,44-,45+,46-,47-,48-,49-/m0/s1. The Bertz CT molecular complexity index is 2130. The van der Waals surface area contributed by atoms with E-state index in [1.54, 1.807) is 0 Å². The zero-order chi connectivity index (χ0) is 64.1. The number of hydrogen-bond acceptors (Lipinski definition) is 35. The van der Waals surface area contributed by atoms with E-state index in [1.807, 2.05) is 0 Å². The summed E-state index contributed by atoms with van der Waals surface area (Å²) in [6.07, 6.45) is -53.9. The summed E-state index contributed by atoms with van der Waals surface area (Å²) in [5.74, 6) is -4.33. The summed E-state index contributed by atoms with van der Waals surface area (Å²) in [6.45, 7) is -5.51. The topological polar surface area (TPSA) is 583 Å². The van der Waals surface area contributed by atoms with Crippen LogP contribution in [0.3, 0.4) is 0 Å². The van der Waals surface area contributed by atoms with E-state index < -0.39 is 292 Å². The molecular formula is C50H86N2O35. The van der Waals surface area contributed by atoms with Crippen LogP contribution in [0.1, 0.15) is 27.2 Å². The first-order valence-electron chi connectivity index (χ1n) is 28.3. The first-order chi connectivity index (χ1) is 41.2. The van der Waals surface area contributed by atoms with Crippen LogP contribution in [-0.4, -0.2) is 376 Å². The van der Waals surface area contributed by atoms with Crippen LogP contribution in [0.5, 0.6) is 0 Å². The Labute approximate surface area is 495 Å². The molecule has 0 aromatic rings. The van der Waals surface area contributed by atoms with Gasteiger partial charge in [0.1, 0.15) is 134 Å². The zero-order valence-corrected chi connectivity index (χ0v) is 47.4. The van der Waals surface area contributed by atoms with Gasteiger partial charge in [-0.2, -0.15) is 0 Å². The van der Waals surface area contributed by atoms with Gasteiger partial charge in [-0.25, -0.2) is 0 Å². The van der Waals surface area contributed by atoms with Crippen molar-refractivity contribution in [2.24, 2.45) is 11.8 Å². The molecule has 0 aliphatic carbocycles. The average Bonchev–Trinajstić information content (AvgIpc) is 1.13. The molecule has 7 rings (SSSR count). The van der Waals surface area contributed by atoms with Crippen LogP contribution >= 0.6 is 0 Å². The van der Waals surface area contributed by atoms with Gasteiger partial charge >= 0.3 is 0 Å². The molecule has 2 amide bonds. The van der Waals surface area contributed by atoms with Gasteiger partial charge in [0.25, 0.3) is 0 Å². The number of hydrogen-bond donors (Lipinski definition) is 22. The second-order valence-corrected chi connectivity index (χ2v) is 22.7. The lowest BCUT2D eigenvalue weighted by Crippen LogP contribution is -2.70. The van der Waals surface area contributed by atoms with Crippen LogP contribution in [0.15, 0.2) is 0 Å². The highest BCUT2D eigenvalue weighted by molar-refractivity contribution is 5.73. The molecule has 20 unspecified atom stereocenters. The maximum absolute atomic E-state index is 12.8. The van der Waals surface area contributed by atoms with Crippen molar-refractivity contribution < 1.29 is 173 Å².